The Kier molecular flexibility index (Phi) is 4.23. The van der Waals surface area contributed by atoms with Gasteiger partial charge in [-0.2, -0.15) is 5.10 Å². The zero-order chi connectivity index (χ0) is 14.8. The SMILES string of the molecule is CC(C)(C)C(O)Cn1cncn1.CC1=C2C=CC(=C1)C2. The third-order valence-corrected chi connectivity index (χ3v) is 3.63. The normalized spacial score (nSPS) is 17.9. The van der Waals surface area contributed by atoms with Crippen molar-refractivity contribution in [3.05, 3.63) is 47.6 Å². The van der Waals surface area contributed by atoms with Gasteiger partial charge in [0.25, 0.3) is 0 Å². The lowest BCUT2D eigenvalue weighted by atomic mass is 9.89. The molecule has 1 aromatic rings. The summed E-state index contributed by atoms with van der Waals surface area (Å²) in [6.45, 7) is 8.66. The lowest BCUT2D eigenvalue weighted by Crippen LogP contribution is -2.30. The average molecular weight is 273 g/mol. The number of allylic oxidation sites excluding steroid dienone is 6. The highest BCUT2D eigenvalue weighted by atomic mass is 16.3. The van der Waals surface area contributed by atoms with Crippen LogP contribution in [0.25, 0.3) is 0 Å². The number of hydrogen-bond donors (Lipinski definition) is 1. The van der Waals surface area contributed by atoms with Crippen LogP contribution < -0.4 is 0 Å². The molecule has 4 heteroatoms. The van der Waals surface area contributed by atoms with Gasteiger partial charge in [0.15, 0.2) is 0 Å². The monoisotopic (exact) mass is 273 g/mol. The van der Waals surface area contributed by atoms with Crippen LogP contribution >= 0.6 is 0 Å². The number of rotatable bonds is 2. The van der Waals surface area contributed by atoms with E-state index >= 15 is 0 Å². The molecule has 2 aliphatic rings. The molecule has 1 unspecified atom stereocenters. The predicted molar refractivity (Wildman–Crippen MR) is 80.0 cm³/mol. The maximum Gasteiger partial charge on any atom is 0.137 e. The third-order valence-electron chi connectivity index (χ3n) is 3.63. The number of nitrogens with zero attached hydrogens (tertiary/aromatic N) is 3. The van der Waals surface area contributed by atoms with Crippen LogP contribution in [0.2, 0.25) is 0 Å². The first-order valence-electron chi connectivity index (χ1n) is 6.95. The van der Waals surface area contributed by atoms with Gasteiger partial charge in [0.2, 0.25) is 0 Å². The van der Waals surface area contributed by atoms with Crippen LogP contribution in [0.3, 0.4) is 0 Å². The van der Waals surface area contributed by atoms with Crippen LogP contribution in [0.4, 0.5) is 0 Å². The Hall–Kier alpha value is -1.68. The third kappa shape index (κ3) is 3.67. The average Bonchev–Trinajstić information content (AvgIpc) is 3.04. The van der Waals surface area contributed by atoms with Gasteiger partial charge in [0.1, 0.15) is 12.7 Å². The number of aliphatic hydroxyl groups excluding tert-OH is 1. The van der Waals surface area contributed by atoms with Gasteiger partial charge < -0.3 is 5.11 Å². The minimum absolute atomic E-state index is 0.105. The van der Waals surface area contributed by atoms with Crippen LogP contribution in [-0.4, -0.2) is 26.0 Å². The molecular formula is C16H23N3O. The van der Waals surface area contributed by atoms with E-state index in [2.05, 4.69) is 35.2 Å². The largest absolute Gasteiger partial charge is 0.391 e. The minimum Gasteiger partial charge on any atom is -0.391 e. The number of hydrogen-bond acceptors (Lipinski definition) is 3. The summed E-state index contributed by atoms with van der Waals surface area (Å²) >= 11 is 0. The van der Waals surface area contributed by atoms with Crippen LogP contribution in [0.1, 0.15) is 34.1 Å². The summed E-state index contributed by atoms with van der Waals surface area (Å²) in [6.07, 6.45) is 10.6. The van der Waals surface area contributed by atoms with E-state index in [1.54, 1.807) is 11.0 Å². The summed E-state index contributed by atoms with van der Waals surface area (Å²) in [6, 6.07) is 0. The van der Waals surface area contributed by atoms with Gasteiger partial charge in [-0.05, 0) is 35.5 Å². The predicted octanol–water partition coefficient (Wildman–Crippen LogP) is 2.89. The Morgan fingerprint density at radius 1 is 1.35 bits per heavy atom. The fraction of sp³-hybridized carbons (Fsp3) is 0.500. The lowest BCUT2D eigenvalue weighted by molar-refractivity contribution is 0.0450. The molecule has 0 aliphatic heterocycles. The van der Waals surface area contributed by atoms with Crippen molar-refractivity contribution in [3.8, 4) is 0 Å². The Morgan fingerprint density at radius 2 is 2.10 bits per heavy atom. The van der Waals surface area contributed by atoms with Crippen LogP contribution in [0.15, 0.2) is 47.6 Å². The van der Waals surface area contributed by atoms with E-state index in [-0.39, 0.29) is 11.5 Å². The van der Waals surface area contributed by atoms with Crippen LogP contribution in [0.5, 0.6) is 0 Å². The Morgan fingerprint density at radius 3 is 2.45 bits per heavy atom. The maximum absolute atomic E-state index is 9.67. The van der Waals surface area contributed by atoms with Gasteiger partial charge in [-0.1, -0.05) is 39.0 Å². The highest BCUT2D eigenvalue weighted by Gasteiger charge is 2.22. The summed E-state index contributed by atoms with van der Waals surface area (Å²) in [4.78, 5) is 3.80. The zero-order valence-corrected chi connectivity index (χ0v) is 12.7. The van der Waals surface area contributed by atoms with Gasteiger partial charge in [-0.3, -0.25) is 4.68 Å². The van der Waals surface area contributed by atoms with Crippen LogP contribution in [-0.2, 0) is 6.54 Å². The minimum atomic E-state index is -0.390. The fourth-order valence-corrected chi connectivity index (χ4v) is 2.06. The topological polar surface area (TPSA) is 50.9 Å². The molecule has 1 N–H and O–H groups in total. The van der Waals surface area contributed by atoms with E-state index in [4.69, 9.17) is 0 Å². The molecule has 0 saturated heterocycles. The summed E-state index contributed by atoms with van der Waals surface area (Å²) in [5.41, 5.74) is 4.35. The molecule has 0 amide bonds. The summed E-state index contributed by atoms with van der Waals surface area (Å²) in [5.74, 6) is 0. The standard InChI is InChI=1S/C8H15N3O.C8H8/c1-8(2,3)7(12)4-11-6-9-5-10-11;1-6-4-7-2-3-8(6)5-7/h5-7,12H,4H2,1-3H3;2-4H,5H2,1H3. The molecule has 2 bridgehead atoms. The van der Waals surface area contributed by atoms with Crippen LogP contribution in [0, 0.1) is 5.41 Å². The Balaban J connectivity index is 0.000000157. The summed E-state index contributed by atoms with van der Waals surface area (Å²) in [7, 11) is 0. The summed E-state index contributed by atoms with van der Waals surface area (Å²) < 4.78 is 1.63. The number of fused-ring (bicyclic) bond motifs is 2. The molecule has 0 aromatic carbocycles. The molecule has 0 spiro atoms. The molecular weight excluding hydrogens is 250 g/mol. The first kappa shape index (κ1) is 14.7. The van der Waals surface area contributed by atoms with E-state index in [1.165, 1.54) is 29.5 Å². The van der Waals surface area contributed by atoms with E-state index in [0.717, 1.165) is 0 Å². The van der Waals surface area contributed by atoms with Crippen molar-refractivity contribution in [3.63, 3.8) is 0 Å². The van der Waals surface area contributed by atoms with Crippen molar-refractivity contribution in [1.29, 1.82) is 0 Å². The molecule has 108 valence electrons. The molecule has 0 saturated carbocycles. The van der Waals surface area contributed by atoms with E-state index in [1.807, 2.05) is 20.8 Å². The van der Waals surface area contributed by atoms with E-state index in [0.29, 0.717) is 6.54 Å². The highest BCUT2D eigenvalue weighted by Crippen LogP contribution is 2.32. The first-order chi connectivity index (χ1) is 9.36. The van der Waals surface area contributed by atoms with Crippen molar-refractivity contribution >= 4 is 0 Å². The number of aliphatic hydroxyl groups is 1. The molecule has 3 rings (SSSR count). The second kappa shape index (κ2) is 5.75. The van der Waals surface area contributed by atoms with Gasteiger partial charge in [-0.15, -0.1) is 0 Å². The van der Waals surface area contributed by atoms with Crippen molar-refractivity contribution in [2.24, 2.45) is 5.41 Å². The molecule has 0 radical (unpaired) electrons. The quantitative estimate of drug-likeness (QED) is 0.901. The maximum atomic E-state index is 9.67. The van der Waals surface area contributed by atoms with Crippen molar-refractivity contribution in [1.82, 2.24) is 14.8 Å². The molecule has 0 fully saturated rings. The second-order valence-electron chi connectivity index (χ2n) is 6.44. The van der Waals surface area contributed by atoms with E-state index < -0.39 is 0 Å². The molecule has 20 heavy (non-hydrogen) atoms. The van der Waals surface area contributed by atoms with Gasteiger partial charge in [-0.25, -0.2) is 4.98 Å². The molecule has 4 nitrogen and oxygen atoms in total. The Bertz CT molecular complexity index is 545. The molecule has 1 atom stereocenters. The van der Waals surface area contributed by atoms with Gasteiger partial charge in [0, 0.05) is 0 Å². The number of aromatic nitrogens is 3. The van der Waals surface area contributed by atoms with Gasteiger partial charge >= 0.3 is 0 Å². The molecule has 1 aromatic heterocycles. The zero-order valence-electron chi connectivity index (χ0n) is 12.7. The van der Waals surface area contributed by atoms with Crippen molar-refractivity contribution in [2.45, 2.75) is 46.8 Å². The molecule has 2 aliphatic carbocycles. The fourth-order valence-electron chi connectivity index (χ4n) is 2.06. The summed E-state index contributed by atoms with van der Waals surface area (Å²) in [5, 5.41) is 13.6. The van der Waals surface area contributed by atoms with E-state index in [9.17, 15) is 5.11 Å². The molecule has 1 heterocycles. The first-order valence-corrected chi connectivity index (χ1v) is 6.95. The smallest absolute Gasteiger partial charge is 0.137 e. The highest BCUT2D eigenvalue weighted by molar-refractivity contribution is 5.53. The van der Waals surface area contributed by atoms with Crippen molar-refractivity contribution in [2.75, 3.05) is 0 Å². The van der Waals surface area contributed by atoms with Gasteiger partial charge in [0.05, 0.1) is 12.6 Å². The van der Waals surface area contributed by atoms with Crippen molar-refractivity contribution < 1.29 is 5.11 Å². The second-order valence-corrected chi connectivity index (χ2v) is 6.44. The lowest BCUT2D eigenvalue weighted by Gasteiger charge is -2.25. The Labute approximate surface area is 120 Å².